The van der Waals surface area contributed by atoms with Crippen LogP contribution >= 0.6 is 0 Å². The highest BCUT2D eigenvalue weighted by molar-refractivity contribution is 6.04. The van der Waals surface area contributed by atoms with Crippen LogP contribution < -0.4 is 0 Å². The summed E-state index contributed by atoms with van der Waals surface area (Å²) in [6, 6.07) is 4.34. The maximum atomic E-state index is 13.3. The number of halogens is 1. The second kappa shape index (κ2) is 3.69. The number of rotatable bonds is 1. The van der Waals surface area contributed by atoms with Crippen molar-refractivity contribution in [2.24, 2.45) is 11.8 Å². The van der Waals surface area contributed by atoms with E-state index in [0.717, 1.165) is 30.4 Å². The largest absolute Gasteiger partial charge is 0.505 e. The van der Waals surface area contributed by atoms with Gasteiger partial charge in [-0.3, -0.25) is 4.79 Å². The molecule has 0 amide bonds. The average molecular weight is 232 g/mol. The van der Waals surface area contributed by atoms with Gasteiger partial charge in [-0.1, -0.05) is 12.5 Å². The molecule has 0 saturated heterocycles. The lowest BCUT2D eigenvalue weighted by molar-refractivity contribution is -0.117. The zero-order valence-corrected chi connectivity index (χ0v) is 9.32. The Morgan fingerprint density at radius 3 is 2.76 bits per heavy atom. The Labute approximate surface area is 98.8 Å². The molecule has 2 nitrogen and oxygen atoms in total. The molecule has 2 atom stereocenters. The van der Waals surface area contributed by atoms with Crippen molar-refractivity contribution >= 4 is 11.4 Å². The number of fused-ring (bicyclic) bond motifs is 1. The van der Waals surface area contributed by atoms with Gasteiger partial charge in [-0.15, -0.1) is 0 Å². The molecule has 17 heavy (non-hydrogen) atoms. The van der Waals surface area contributed by atoms with Crippen LogP contribution in [0.25, 0.3) is 5.57 Å². The SMILES string of the molecule is O=C1C=C(c2ccc(O)c(F)c2)C2CCCC12. The van der Waals surface area contributed by atoms with Crippen molar-refractivity contribution in [3.63, 3.8) is 0 Å². The van der Waals surface area contributed by atoms with Gasteiger partial charge in [0.2, 0.25) is 0 Å². The molecular formula is C14H13FO2. The minimum atomic E-state index is -0.628. The first-order valence-electron chi connectivity index (χ1n) is 5.91. The van der Waals surface area contributed by atoms with E-state index < -0.39 is 5.82 Å². The number of phenolic OH excluding ortho intramolecular Hbond substituents is 1. The lowest BCUT2D eigenvalue weighted by atomic mass is 9.90. The average Bonchev–Trinajstić information content (AvgIpc) is 2.87. The lowest BCUT2D eigenvalue weighted by Crippen LogP contribution is -2.09. The van der Waals surface area contributed by atoms with Crippen LogP contribution in [0.5, 0.6) is 5.75 Å². The Kier molecular flexibility index (Phi) is 2.28. The van der Waals surface area contributed by atoms with Gasteiger partial charge >= 0.3 is 0 Å². The predicted molar refractivity (Wildman–Crippen MR) is 61.9 cm³/mol. The number of phenols is 1. The first-order chi connectivity index (χ1) is 8.16. The molecular weight excluding hydrogens is 219 g/mol. The number of carbonyl (C=O) groups is 1. The third kappa shape index (κ3) is 1.57. The Morgan fingerprint density at radius 1 is 1.24 bits per heavy atom. The van der Waals surface area contributed by atoms with E-state index in [1.165, 1.54) is 12.1 Å². The van der Waals surface area contributed by atoms with Crippen LogP contribution in [0.4, 0.5) is 4.39 Å². The van der Waals surface area contributed by atoms with Gasteiger partial charge in [0.1, 0.15) is 0 Å². The van der Waals surface area contributed by atoms with E-state index in [1.54, 1.807) is 12.1 Å². The molecule has 0 heterocycles. The Balaban J connectivity index is 2.01. The summed E-state index contributed by atoms with van der Waals surface area (Å²) in [6.45, 7) is 0. The van der Waals surface area contributed by atoms with Crippen LogP contribution in [0.1, 0.15) is 24.8 Å². The Bertz CT molecular complexity index is 519. The topological polar surface area (TPSA) is 37.3 Å². The first kappa shape index (κ1) is 10.5. The molecule has 3 rings (SSSR count). The molecule has 1 fully saturated rings. The minimum absolute atomic E-state index is 0.113. The molecule has 0 aromatic heterocycles. The molecule has 88 valence electrons. The third-order valence-corrected chi connectivity index (χ3v) is 3.86. The number of benzene rings is 1. The van der Waals surface area contributed by atoms with E-state index in [2.05, 4.69) is 0 Å². The predicted octanol–water partition coefficient (Wildman–Crippen LogP) is 2.91. The minimum Gasteiger partial charge on any atom is -0.505 e. The van der Waals surface area contributed by atoms with Crippen LogP contribution in [0.2, 0.25) is 0 Å². The summed E-state index contributed by atoms with van der Waals surface area (Å²) < 4.78 is 13.3. The van der Waals surface area contributed by atoms with E-state index >= 15 is 0 Å². The fourth-order valence-electron chi connectivity index (χ4n) is 3.02. The van der Waals surface area contributed by atoms with E-state index in [1.807, 2.05) is 0 Å². The molecule has 0 spiro atoms. The number of ketones is 1. The van der Waals surface area contributed by atoms with Gasteiger partial charge in [0.15, 0.2) is 17.3 Å². The summed E-state index contributed by atoms with van der Waals surface area (Å²) in [5.74, 6) is -0.428. The van der Waals surface area contributed by atoms with Crippen molar-refractivity contribution in [2.75, 3.05) is 0 Å². The van der Waals surface area contributed by atoms with Crippen molar-refractivity contribution in [3.05, 3.63) is 35.7 Å². The van der Waals surface area contributed by atoms with Crippen molar-refractivity contribution in [1.29, 1.82) is 0 Å². The fraction of sp³-hybridized carbons (Fsp3) is 0.357. The highest BCUT2D eigenvalue weighted by atomic mass is 19.1. The van der Waals surface area contributed by atoms with Crippen molar-refractivity contribution < 1.29 is 14.3 Å². The summed E-state index contributed by atoms with van der Waals surface area (Å²) in [7, 11) is 0. The number of allylic oxidation sites excluding steroid dienone is 2. The van der Waals surface area contributed by atoms with Crippen LogP contribution in [-0.2, 0) is 4.79 Å². The van der Waals surface area contributed by atoms with Gasteiger partial charge in [0, 0.05) is 5.92 Å². The van der Waals surface area contributed by atoms with E-state index in [4.69, 9.17) is 5.11 Å². The van der Waals surface area contributed by atoms with E-state index in [9.17, 15) is 9.18 Å². The summed E-state index contributed by atoms with van der Waals surface area (Å²) in [4.78, 5) is 11.8. The van der Waals surface area contributed by atoms with Crippen LogP contribution in [0, 0.1) is 17.7 Å². The van der Waals surface area contributed by atoms with Crippen LogP contribution in [-0.4, -0.2) is 10.9 Å². The zero-order valence-electron chi connectivity index (χ0n) is 9.32. The Hall–Kier alpha value is -1.64. The van der Waals surface area contributed by atoms with Gasteiger partial charge in [0.05, 0.1) is 0 Å². The van der Waals surface area contributed by atoms with E-state index in [0.29, 0.717) is 0 Å². The Morgan fingerprint density at radius 2 is 2.00 bits per heavy atom. The van der Waals surface area contributed by atoms with Gasteiger partial charge in [0.25, 0.3) is 0 Å². The molecule has 1 aromatic carbocycles. The fourth-order valence-corrected chi connectivity index (χ4v) is 3.02. The van der Waals surface area contributed by atoms with Crippen LogP contribution in [0.3, 0.4) is 0 Å². The van der Waals surface area contributed by atoms with E-state index in [-0.39, 0.29) is 23.4 Å². The quantitative estimate of drug-likeness (QED) is 0.808. The van der Waals surface area contributed by atoms with Crippen LogP contribution in [0.15, 0.2) is 24.3 Å². The highest BCUT2D eigenvalue weighted by Gasteiger charge is 2.39. The number of hydrogen-bond acceptors (Lipinski definition) is 2. The van der Waals surface area contributed by atoms with Gasteiger partial charge in [-0.2, -0.15) is 0 Å². The maximum Gasteiger partial charge on any atom is 0.165 e. The molecule has 1 N–H and O–H groups in total. The maximum absolute atomic E-state index is 13.3. The molecule has 2 aliphatic rings. The standard InChI is InChI=1S/C14H13FO2/c15-12-6-8(4-5-13(12)16)11-7-14(17)10-3-1-2-9(10)11/h4-7,9-10,16H,1-3H2. The molecule has 1 aromatic rings. The smallest absolute Gasteiger partial charge is 0.165 e. The molecule has 0 aliphatic heterocycles. The molecule has 2 aliphatic carbocycles. The zero-order chi connectivity index (χ0) is 12.0. The monoisotopic (exact) mass is 232 g/mol. The van der Waals surface area contributed by atoms with Gasteiger partial charge < -0.3 is 5.11 Å². The van der Waals surface area contributed by atoms with Gasteiger partial charge in [-0.25, -0.2) is 4.39 Å². The van der Waals surface area contributed by atoms with Gasteiger partial charge in [-0.05, 0) is 48.1 Å². The second-order valence-electron chi connectivity index (χ2n) is 4.81. The normalized spacial score (nSPS) is 27.1. The second-order valence-corrected chi connectivity index (χ2v) is 4.81. The third-order valence-electron chi connectivity index (χ3n) is 3.86. The number of aromatic hydroxyl groups is 1. The van der Waals surface area contributed by atoms with Crippen molar-refractivity contribution in [3.8, 4) is 5.75 Å². The molecule has 0 bridgehead atoms. The number of hydrogen-bond donors (Lipinski definition) is 1. The molecule has 0 radical (unpaired) electrons. The first-order valence-corrected chi connectivity index (χ1v) is 5.91. The number of carbonyl (C=O) groups excluding carboxylic acids is 1. The molecule has 2 unspecified atom stereocenters. The highest BCUT2D eigenvalue weighted by Crippen LogP contribution is 2.46. The summed E-state index contributed by atoms with van der Waals surface area (Å²) in [5.41, 5.74) is 1.67. The van der Waals surface area contributed by atoms with Crippen molar-refractivity contribution in [2.45, 2.75) is 19.3 Å². The summed E-state index contributed by atoms with van der Waals surface area (Å²) >= 11 is 0. The summed E-state index contributed by atoms with van der Waals surface area (Å²) in [5, 5.41) is 9.16. The molecule has 1 saturated carbocycles. The summed E-state index contributed by atoms with van der Waals surface area (Å²) in [6.07, 6.45) is 4.67. The van der Waals surface area contributed by atoms with Crippen molar-refractivity contribution in [1.82, 2.24) is 0 Å². The lowest BCUT2D eigenvalue weighted by Gasteiger charge is -2.13. The molecule has 3 heteroatoms.